The molecule has 1 N–H and O–H groups in total. The van der Waals surface area contributed by atoms with Crippen molar-refractivity contribution in [2.24, 2.45) is 5.10 Å². The molecule has 1 amide bonds. The quantitative estimate of drug-likeness (QED) is 0.210. The van der Waals surface area contributed by atoms with Crippen molar-refractivity contribution in [3.63, 3.8) is 0 Å². The van der Waals surface area contributed by atoms with Crippen LogP contribution in [0.25, 0.3) is 0 Å². The minimum atomic E-state index is -4.20. The first-order valence-corrected chi connectivity index (χ1v) is 12.9. The molecule has 0 radical (unpaired) electrons. The van der Waals surface area contributed by atoms with E-state index in [0.29, 0.717) is 12.0 Å². The average Bonchev–Trinajstić information content (AvgIpc) is 2.88. The Morgan fingerprint density at radius 2 is 1.86 bits per heavy atom. The van der Waals surface area contributed by atoms with Crippen LogP contribution >= 0.6 is 23.2 Å². The van der Waals surface area contributed by atoms with E-state index in [1.165, 1.54) is 49.7 Å². The van der Waals surface area contributed by atoms with Crippen molar-refractivity contribution in [2.75, 3.05) is 20.2 Å². The molecule has 0 saturated carbocycles. The molecule has 0 heterocycles. The van der Waals surface area contributed by atoms with Gasteiger partial charge in [0.25, 0.3) is 5.91 Å². The number of methoxy groups -OCH3 is 1. The lowest BCUT2D eigenvalue weighted by Crippen LogP contribution is -2.40. The predicted octanol–water partition coefficient (Wildman–Crippen LogP) is 4.29. The van der Waals surface area contributed by atoms with E-state index < -0.39 is 27.4 Å². The van der Waals surface area contributed by atoms with Crippen LogP contribution in [0.3, 0.4) is 0 Å². The number of nitrogens with one attached hydrogen (secondary N) is 1. The Bertz CT molecular complexity index is 1420. The third-order valence-corrected chi connectivity index (χ3v) is 7.69. The summed E-state index contributed by atoms with van der Waals surface area (Å²) in [4.78, 5) is 23.0. The van der Waals surface area contributed by atoms with Gasteiger partial charge in [-0.05, 0) is 42.3 Å². The van der Waals surface area contributed by atoms with Gasteiger partial charge in [0.2, 0.25) is 10.0 Å². The third kappa shape index (κ3) is 7.49. The van der Waals surface area contributed by atoms with Crippen LogP contribution in [0.15, 0.2) is 76.7 Å². The summed E-state index contributed by atoms with van der Waals surface area (Å²) >= 11 is 12.1. The summed E-state index contributed by atoms with van der Waals surface area (Å²) in [5.41, 5.74) is 3.18. The zero-order chi connectivity index (χ0) is 27.0. The van der Waals surface area contributed by atoms with Crippen molar-refractivity contribution in [1.82, 2.24) is 9.73 Å². The lowest BCUT2D eigenvalue weighted by molar-refractivity contribution is -0.385. The van der Waals surface area contributed by atoms with Gasteiger partial charge in [-0.1, -0.05) is 53.5 Å². The molecule has 3 aromatic carbocycles. The molecule has 0 unspecified atom stereocenters. The topological polar surface area (TPSA) is 131 Å². The first-order valence-electron chi connectivity index (χ1n) is 10.8. The monoisotopic (exact) mass is 564 g/mol. The first kappa shape index (κ1) is 28.1. The molecule has 37 heavy (non-hydrogen) atoms. The lowest BCUT2D eigenvalue weighted by atomic mass is 10.1. The number of carbonyl (C=O) groups excluding carboxylic acids is 1. The Morgan fingerprint density at radius 3 is 2.54 bits per heavy atom. The molecule has 0 fully saturated rings. The normalized spacial score (nSPS) is 11.6. The van der Waals surface area contributed by atoms with Crippen LogP contribution in [-0.4, -0.2) is 50.0 Å². The zero-order valence-corrected chi connectivity index (χ0v) is 21.8. The van der Waals surface area contributed by atoms with Gasteiger partial charge in [-0.25, -0.2) is 13.8 Å². The highest BCUT2D eigenvalue weighted by Crippen LogP contribution is 2.28. The van der Waals surface area contributed by atoms with Gasteiger partial charge in [0.05, 0.1) is 29.8 Å². The Balaban J connectivity index is 1.78. The molecule has 0 atom stereocenters. The van der Waals surface area contributed by atoms with Crippen LogP contribution in [0.5, 0.6) is 5.75 Å². The van der Waals surface area contributed by atoms with Gasteiger partial charge in [0, 0.05) is 23.2 Å². The number of nitrogens with zero attached hydrogens (tertiary/aromatic N) is 3. The van der Waals surface area contributed by atoms with E-state index >= 15 is 0 Å². The Hall–Kier alpha value is -3.51. The van der Waals surface area contributed by atoms with Crippen LogP contribution in [-0.2, 0) is 21.2 Å². The van der Waals surface area contributed by atoms with Gasteiger partial charge < -0.3 is 4.74 Å². The van der Waals surface area contributed by atoms with Crippen molar-refractivity contribution < 1.29 is 22.9 Å². The van der Waals surface area contributed by atoms with Crippen LogP contribution < -0.4 is 10.2 Å². The van der Waals surface area contributed by atoms with Crippen molar-refractivity contribution >= 4 is 51.0 Å². The number of halogens is 2. The summed E-state index contributed by atoms with van der Waals surface area (Å²) in [5.74, 6) is -0.654. The number of hydrogen-bond acceptors (Lipinski definition) is 7. The number of hydrazone groups is 1. The Kier molecular flexibility index (Phi) is 9.59. The molecule has 0 aliphatic rings. The van der Waals surface area contributed by atoms with Crippen molar-refractivity contribution in [1.29, 1.82) is 0 Å². The van der Waals surface area contributed by atoms with Crippen molar-refractivity contribution in [3.8, 4) is 5.75 Å². The number of rotatable bonds is 11. The van der Waals surface area contributed by atoms with Crippen molar-refractivity contribution in [2.45, 2.75) is 11.3 Å². The van der Waals surface area contributed by atoms with Gasteiger partial charge in [-0.15, -0.1) is 0 Å². The van der Waals surface area contributed by atoms with E-state index in [1.54, 1.807) is 0 Å². The maximum atomic E-state index is 13.4. The number of hydrogen-bond donors (Lipinski definition) is 1. The first-order chi connectivity index (χ1) is 17.6. The van der Waals surface area contributed by atoms with E-state index in [2.05, 4.69) is 10.5 Å². The maximum Gasteiger partial charge on any atom is 0.311 e. The highest BCUT2D eigenvalue weighted by molar-refractivity contribution is 7.89. The molecule has 10 nitrogen and oxygen atoms in total. The van der Waals surface area contributed by atoms with Gasteiger partial charge in [0.15, 0.2) is 5.75 Å². The molecule has 0 bridgehead atoms. The van der Waals surface area contributed by atoms with E-state index in [9.17, 15) is 23.3 Å². The summed E-state index contributed by atoms with van der Waals surface area (Å²) in [7, 11) is -2.89. The van der Waals surface area contributed by atoms with Crippen LogP contribution in [0.2, 0.25) is 10.0 Å². The molecular formula is C24H22Cl2N4O6S. The average molecular weight is 565 g/mol. The minimum Gasteiger partial charge on any atom is -0.490 e. The number of carbonyl (C=O) groups is 1. The summed E-state index contributed by atoms with van der Waals surface area (Å²) in [6.45, 7) is -0.574. The molecule has 0 saturated heterocycles. The number of benzene rings is 3. The second-order valence-electron chi connectivity index (χ2n) is 7.63. The highest BCUT2D eigenvalue weighted by Gasteiger charge is 2.29. The number of sulfonamides is 1. The Morgan fingerprint density at radius 1 is 1.14 bits per heavy atom. The summed E-state index contributed by atoms with van der Waals surface area (Å²) in [6.07, 6.45) is 1.53. The smallest absolute Gasteiger partial charge is 0.311 e. The number of ether oxygens (including phenoxy) is 1. The summed E-state index contributed by atoms with van der Waals surface area (Å²) < 4.78 is 32.8. The maximum absolute atomic E-state index is 13.4. The molecule has 3 rings (SSSR count). The number of nitro groups is 1. The summed E-state index contributed by atoms with van der Waals surface area (Å²) in [5, 5.41) is 15.1. The molecule has 3 aromatic rings. The molecule has 0 aliphatic heterocycles. The van der Waals surface area contributed by atoms with Gasteiger partial charge in [-0.3, -0.25) is 14.9 Å². The van der Waals surface area contributed by atoms with E-state index in [1.807, 2.05) is 30.3 Å². The molecular weight excluding hydrogens is 543 g/mol. The number of amides is 1. The molecule has 0 aliphatic carbocycles. The predicted molar refractivity (Wildman–Crippen MR) is 141 cm³/mol. The van der Waals surface area contributed by atoms with Crippen molar-refractivity contribution in [3.05, 3.63) is 98.0 Å². The fourth-order valence-corrected chi connectivity index (χ4v) is 5.44. The van der Waals surface area contributed by atoms with Gasteiger partial charge in [-0.2, -0.15) is 9.41 Å². The lowest BCUT2D eigenvalue weighted by Gasteiger charge is -2.22. The molecule has 0 spiro atoms. The fraction of sp³-hybridized carbons (Fsp3) is 0.167. The van der Waals surface area contributed by atoms with Crippen LogP contribution in [0.1, 0.15) is 11.1 Å². The number of nitro benzene ring substituents is 1. The fourth-order valence-electron chi connectivity index (χ4n) is 3.30. The van der Waals surface area contributed by atoms with E-state index in [-0.39, 0.29) is 32.9 Å². The molecule has 0 aromatic heterocycles. The second-order valence-corrected chi connectivity index (χ2v) is 10.4. The SMILES string of the molecule is COc1ccc(/C=N\NC(=O)CN(CCc2ccccc2)S(=O)(=O)c2cc(Cl)ccc2Cl)cc1[N+](=O)[O-]. The Labute approximate surface area is 223 Å². The van der Waals surface area contributed by atoms with E-state index in [4.69, 9.17) is 27.9 Å². The zero-order valence-electron chi connectivity index (χ0n) is 19.5. The molecule has 194 valence electrons. The van der Waals surface area contributed by atoms with E-state index in [0.717, 1.165) is 9.87 Å². The highest BCUT2D eigenvalue weighted by atomic mass is 35.5. The second kappa shape index (κ2) is 12.6. The van der Waals surface area contributed by atoms with Gasteiger partial charge in [0.1, 0.15) is 4.90 Å². The third-order valence-electron chi connectivity index (χ3n) is 5.13. The van der Waals surface area contributed by atoms with Crippen LogP contribution in [0.4, 0.5) is 5.69 Å². The molecule has 13 heteroatoms. The largest absolute Gasteiger partial charge is 0.490 e. The summed E-state index contributed by atoms with van der Waals surface area (Å²) in [6, 6.07) is 17.4. The van der Waals surface area contributed by atoms with Crippen LogP contribution in [0, 0.1) is 10.1 Å². The minimum absolute atomic E-state index is 0.0169. The standard InChI is InChI=1S/C24H22Cl2N4O6S/c1-36-22-10-7-18(13-21(22)30(32)33)15-27-28-24(31)16-29(12-11-17-5-3-2-4-6-17)37(34,35)23-14-19(25)8-9-20(23)26/h2-10,13-15H,11-12,16H2,1H3,(H,28,31)/b27-15-. The van der Waals surface area contributed by atoms with Gasteiger partial charge >= 0.3 is 5.69 Å².